The number of carbonyl (C=O) groups excluding carboxylic acids is 2. The molecule has 0 bridgehead atoms. The molecule has 3 heterocycles. The van der Waals surface area contributed by atoms with Crippen molar-refractivity contribution in [3.63, 3.8) is 0 Å². The predicted octanol–water partition coefficient (Wildman–Crippen LogP) is 3.49. The monoisotopic (exact) mass is 457 g/mol. The van der Waals surface area contributed by atoms with Crippen molar-refractivity contribution in [3.8, 4) is 11.3 Å². The number of amides is 2. The highest BCUT2D eigenvalue weighted by atomic mass is 35.5. The molecule has 0 aliphatic carbocycles. The molecule has 1 N–H and O–H groups in total. The van der Waals surface area contributed by atoms with Crippen LogP contribution in [0.5, 0.6) is 0 Å². The number of likely N-dealkylation sites (N-methyl/N-ethyl adjacent to an activating group) is 1. The van der Waals surface area contributed by atoms with Crippen molar-refractivity contribution in [2.45, 2.75) is 25.8 Å². The number of halogens is 3. The predicted molar refractivity (Wildman–Crippen MR) is 114 cm³/mol. The Morgan fingerprint density at radius 1 is 1.22 bits per heavy atom. The largest absolute Gasteiger partial charge is 0.337 e. The number of pyridine rings is 1. The first-order valence-corrected chi connectivity index (χ1v) is 10.1. The Labute approximate surface area is 187 Å². The lowest BCUT2D eigenvalue weighted by Gasteiger charge is -2.21. The first-order valence-electron chi connectivity index (χ1n) is 9.76. The standard InChI is InChI=1S/C22H18ClF2N5O2/c1-11-3-5-14(16(25)7-11)18-15(23)10-26-19(29-18)21(31)28-17-6-4-12-8-13(24)9-27-20(12)30(2)22(17)32/h3,5,7-10,17H,4,6H2,1-2H3,(H,28,31)/t17-/m0/s1. The molecule has 3 aromatic rings. The third kappa shape index (κ3) is 4.16. The van der Waals surface area contributed by atoms with Gasteiger partial charge < -0.3 is 5.32 Å². The minimum absolute atomic E-state index is 0.0701. The smallest absolute Gasteiger partial charge is 0.289 e. The van der Waals surface area contributed by atoms with Crippen LogP contribution in [0.25, 0.3) is 11.3 Å². The van der Waals surface area contributed by atoms with Crippen LogP contribution in [-0.4, -0.2) is 39.9 Å². The summed E-state index contributed by atoms with van der Waals surface area (Å²) in [5.41, 5.74) is 1.49. The number of rotatable bonds is 3. The molecule has 0 saturated heterocycles. The SMILES string of the molecule is Cc1ccc(-c2nc(C(=O)N[C@H]3CCc4cc(F)cnc4N(C)C3=O)ncc2Cl)c(F)c1. The highest BCUT2D eigenvalue weighted by Gasteiger charge is 2.31. The van der Waals surface area contributed by atoms with Crippen molar-refractivity contribution in [1.29, 1.82) is 0 Å². The van der Waals surface area contributed by atoms with E-state index in [0.717, 1.165) is 11.8 Å². The van der Waals surface area contributed by atoms with Gasteiger partial charge >= 0.3 is 0 Å². The van der Waals surface area contributed by atoms with Gasteiger partial charge in [0.15, 0.2) is 0 Å². The molecule has 0 unspecified atom stereocenters. The molecule has 32 heavy (non-hydrogen) atoms. The van der Waals surface area contributed by atoms with Gasteiger partial charge in [-0.25, -0.2) is 23.7 Å². The summed E-state index contributed by atoms with van der Waals surface area (Å²) in [6, 6.07) is 4.98. The molecule has 10 heteroatoms. The average molecular weight is 458 g/mol. The van der Waals surface area contributed by atoms with Crippen molar-refractivity contribution in [2.24, 2.45) is 0 Å². The fourth-order valence-electron chi connectivity index (χ4n) is 3.56. The molecule has 1 aliphatic heterocycles. The first kappa shape index (κ1) is 21.8. The molecule has 1 aliphatic rings. The van der Waals surface area contributed by atoms with E-state index in [-0.39, 0.29) is 28.5 Å². The second-order valence-corrected chi connectivity index (χ2v) is 7.88. The number of aryl methyl sites for hydroxylation is 2. The van der Waals surface area contributed by atoms with E-state index < -0.39 is 29.5 Å². The topological polar surface area (TPSA) is 88.1 Å². The molecule has 4 rings (SSSR count). The molecular formula is C22H18ClF2N5O2. The zero-order valence-corrected chi connectivity index (χ0v) is 18.0. The maximum Gasteiger partial charge on any atom is 0.289 e. The fourth-order valence-corrected chi connectivity index (χ4v) is 3.75. The summed E-state index contributed by atoms with van der Waals surface area (Å²) >= 11 is 6.15. The number of hydrogen-bond acceptors (Lipinski definition) is 5. The van der Waals surface area contributed by atoms with Crippen LogP contribution >= 0.6 is 11.6 Å². The van der Waals surface area contributed by atoms with Crippen LogP contribution in [0, 0.1) is 18.6 Å². The lowest BCUT2D eigenvalue weighted by atomic mass is 10.1. The van der Waals surface area contributed by atoms with Gasteiger partial charge in [0.1, 0.15) is 23.5 Å². The van der Waals surface area contributed by atoms with Crippen molar-refractivity contribution in [2.75, 3.05) is 11.9 Å². The summed E-state index contributed by atoms with van der Waals surface area (Å²) < 4.78 is 28.0. The van der Waals surface area contributed by atoms with Gasteiger partial charge in [-0.3, -0.25) is 14.5 Å². The van der Waals surface area contributed by atoms with Gasteiger partial charge in [-0.1, -0.05) is 17.7 Å². The number of carbonyl (C=O) groups is 2. The highest BCUT2D eigenvalue weighted by molar-refractivity contribution is 6.33. The number of aromatic nitrogens is 3. The lowest BCUT2D eigenvalue weighted by Crippen LogP contribution is -2.47. The normalized spacial score (nSPS) is 15.8. The van der Waals surface area contributed by atoms with Crippen LogP contribution in [0.3, 0.4) is 0 Å². The summed E-state index contributed by atoms with van der Waals surface area (Å²) in [5, 5.41) is 2.69. The summed E-state index contributed by atoms with van der Waals surface area (Å²) in [6.45, 7) is 1.75. The number of anilines is 1. The van der Waals surface area contributed by atoms with Gasteiger partial charge in [-0.05, 0) is 49.1 Å². The van der Waals surface area contributed by atoms with Crippen LogP contribution in [0.15, 0.2) is 36.7 Å². The maximum atomic E-state index is 14.4. The minimum atomic E-state index is -0.899. The Morgan fingerprint density at radius 2 is 2.00 bits per heavy atom. The first-order chi connectivity index (χ1) is 15.2. The number of nitrogens with zero attached hydrogens (tertiary/aromatic N) is 4. The Kier molecular flexibility index (Phi) is 5.84. The second-order valence-electron chi connectivity index (χ2n) is 7.47. The summed E-state index contributed by atoms with van der Waals surface area (Å²) in [7, 11) is 1.51. The quantitative estimate of drug-likeness (QED) is 0.650. The number of benzene rings is 1. The van der Waals surface area contributed by atoms with Crippen molar-refractivity contribution >= 4 is 29.2 Å². The Bertz CT molecular complexity index is 1240. The van der Waals surface area contributed by atoms with E-state index in [1.165, 1.54) is 36.3 Å². The van der Waals surface area contributed by atoms with E-state index in [9.17, 15) is 18.4 Å². The van der Waals surface area contributed by atoms with Gasteiger partial charge in [0.2, 0.25) is 11.7 Å². The van der Waals surface area contributed by atoms with Gasteiger partial charge in [-0.15, -0.1) is 0 Å². The molecule has 1 aromatic carbocycles. The number of hydrogen-bond donors (Lipinski definition) is 1. The van der Waals surface area contributed by atoms with Crippen LogP contribution in [0.2, 0.25) is 5.02 Å². The highest BCUT2D eigenvalue weighted by Crippen LogP contribution is 2.28. The van der Waals surface area contributed by atoms with Crippen molar-refractivity contribution in [1.82, 2.24) is 20.3 Å². The average Bonchev–Trinajstić information content (AvgIpc) is 2.86. The fraction of sp³-hybridized carbons (Fsp3) is 0.227. The van der Waals surface area contributed by atoms with E-state index in [0.29, 0.717) is 17.8 Å². The van der Waals surface area contributed by atoms with Gasteiger partial charge in [-0.2, -0.15) is 0 Å². The molecule has 164 valence electrons. The molecule has 0 spiro atoms. The molecule has 0 fully saturated rings. The van der Waals surface area contributed by atoms with Crippen LogP contribution < -0.4 is 10.2 Å². The third-order valence-corrected chi connectivity index (χ3v) is 5.47. The van der Waals surface area contributed by atoms with Crippen molar-refractivity contribution in [3.05, 3.63) is 70.3 Å². The zero-order valence-electron chi connectivity index (χ0n) is 17.2. The summed E-state index contributed by atoms with van der Waals surface area (Å²) in [4.78, 5) is 39.0. The van der Waals surface area contributed by atoms with E-state index in [4.69, 9.17) is 11.6 Å². The summed E-state index contributed by atoms with van der Waals surface area (Å²) in [6.07, 6.45) is 2.82. The minimum Gasteiger partial charge on any atom is -0.337 e. The summed E-state index contributed by atoms with van der Waals surface area (Å²) in [5.74, 6) is -2.08. The maximum absolute atomic E-state index is 14.4. The van der Waals surface area contributed by atoms with Crippen LogP contribution in [0.4, 0.5) is 14.6 Å². The van der Waals surface area contributed by atoms with Crippen LogP contribution in [-0.2, 0) is 11.2 Å². The van der Waals surface area contributed by atoms with Gasteiger partial charge in [0.05, 0.1) is 23.1 Å². The number of nitrogens with one attached hydrogen (secondary N) is 1. The molecule has 2 aromatic heterocycles. The second kappa shape index (κ2) is 8.58. The van der Waals surface area contributed by atoms with Crippen LogP contribution in [0.1, 0.15) is 28.2 Å². The van der Waals surface area contributed by atoms with E-state index in [1.54, 1.807) is 13.0 Å². The Morgan fingerprint density at radius 3 is 2.75 bits per heavy atom. The molecule has 2 amide bonds. The Hall–Kier alpha value is -3.46. The van der Waals surface area contributed by atoms with Crippen molar-refractivity contribution < 1.29 is 18.4 Å². The molecule has 0 radical (unpaired) electrons. The molecular weight excluding hydrogens is 440 g/mol. The number of fused-ring (bicyclic) bond motifs is 1. The molecule has 7 nitrogen and oxygen atoms in total. The lowest BCUT2D eigenvalue weighted by molar-refractivity contribution is -0.120. The molecule has 0 saturated carbocycles. The molecule has 1 atom stereocenters. The Balaban J connectivity index is 1.59. The van der Waals surface area contributed by atoms with Gasteiger partial charge in [0.25, 0.3) is 5.91 Å². The van der Waals surface area contributed by atoms with E-state index >= 15 is 0 Å². The van der Waals surface area contributed by atoms with E-state index in [1.807, 2.05) is 0 Å². The van der Waals surface area contributed by atoms with Gasteiger partial charge in [0, 0.05) is 12.6 Å². The van der Waals surface area contributed by atoms with E-state index in [2.05, 4.69) is 20.3 Å². The third-order valence-electron chi connectivity index (χ3n) is 5.19. The zero-order chi connectivity index (χ0) is 23.0.